The Labute approximate surface area is 124 Å². The van der Waals surface area contributed by atoms with Crippen LogP contribution in [0.2, 0.25) is 0 Å². The van der Waals surface area contributed by atoms with Crippen LogP contribution in [0.5, 0.6) is 0 Å². The molecule has 102 valence electrons. The number of carbonyl (C=O) groups excluding carboxylic acids is 1. The van der Waals surface area contributed by atoms with Crippen molar-refractivity contribution in [2.75, 3.05) is 0 Å². The highest BCUT2D eigenvalue weighted by Gasteiger charge is 2.29. The van der Waals surface area contributed by atoms with Crippen LogP contribution in [0.3, 0.4) is 0 Å². The molecule has 20 heavy (non-hydrogen) atoms. The highest BCUT2D eigenvalue weighted by atomic mass is 32.2. The van der Waals surface area contributed by atoms with Gasteiger partial charge in [0, 0.05) is 23.3 Å². The van der Waals surface area contributed by atoms with Crippen LogP contribution in [0.15, 0.2) is 54.6 Å². The lowest BCUT2D eigenvalue weighted by molar-refractivity contribution is -0.119. The van der Waals surface area contributed by atoms with Crippen LogP contribution < -0.4 is 0 Å². The molecule has 0 aliphatic carbocycles. The first-order chi connectivity index (χ1) is 9.72. The van der Waals surface area contributed by atoms with E-state index in [-0.39, 0.29) is 0 Å². The van der Waals surface area contributed by atoms with E-state index in [9.17, 15) is 4.79 Å². The maximum absolute atomic E-state index is 12.1. The summed E-state index contributed by atoms with van der Waals surface area (Å²) in [5.74, 6) is 0.378. The Bertz CT molecular complexity index is 589. The van der Waals surface area contributed by atoms with Gasteiger partial charge in [-0.15, -0.1) is 11.8 Å². The van der Waals surface area contributed by atoms with Crippen molar-refractivity contribution in [2.45, 2.75) is 30.3 Å². The zero-order valence-corrected chi connectivity index (χ0v) is 12.4. The Morgan fingerprint density at radius 1 is 0.850 bits per heavy atom. The summed E-state index contributed by atoms with van der Waals surface area (Å²) in [7, 11) is 0. The summed E-state index contributed by atoms with van der Waals surface area (Å²) < 4.78 is 0. The third kappa shape index (κ3) is 2.96. The fraction of sp³-hybridized carbons (Fsp3) is 0.278. The number of carbonyl (C=O) groups is 1. The van der Waals surface area contributed by atoms with Crippen molar-refractivity contribution < 1.29 is 4.79 Å². The summed E-state index contributed by atoms with van der Waals surface area (Å²) in [5, 5.41) is 0.589. The van der Waals surface area contributed by atoms with Gasteiger partial charge in [0.25, 0.3) is 0 Å². The highest BCUT2D eigenvalue weighted by molar-refractivity contribution is 7.99. The summed E-state index contributed by atoms with van der Waals surface area (Å²) in [5.41, 5.74) is 3.80. The third-order valence-corrected chi connectivity index (χ3v) is 5.31. The van der Waals surface area contributed by atoms with Crippen LogP contribution in [0.25, 0.3) is 0 Å². The summed E-state index contributed by atoms with van der Waals surface area (Å²) in [6, 6.07) is 19.0. The van der Waals surface area contributed by atoms with Gasteiger partial charge in [-0.3, -0.25) is 4.79 Å². The van der Waals surface area contributed by atoms with E-state index in [0.717, 1.165) is 0 Å². The van der Waals surface area contributed by atoms with E-state index in [4.69, 9.17) is 0 Å². The van der Waals surface area contributed by atoms with Gasteiger partial charge in [0.1, 0.15) is 5.78 Å². The topological polar surface area (TPSA) is 17.1 Å². The lowest BCUT2D eigenvalue weighted by Gasteiger charge is -2.28. The van der Waals surface area contributed by atoms with Crippen LogP contribution in [-0.2, 0) is 4.79 Å². The van der Waals surface area contributed by atoms with E-state index in [0.29, 0.717) is 29.1 Å². The molecule has 0 N–H and O–H groups in total. The first-order valence-electron chi connectivity index (χ1n) is 7.01. The van der Waals surface area contributed by atoms with Crippen LogP contribution in [0, 0.1) is 6.92 Å². The quantitative estimate of drug-likeness (QED) is 0.781. The molecule has 2 aromatic carbocycles. The molecule has 1 heterocycles. The summed E-state index contributed by atoms with van der Waals surface area (Å²) in [6.45, 7) is 2.09. The Morgan fingerprint density at radius 3 is 2.00 bits per heavy atom. The largest absolute Gasteiger partial charge is 0.300 e. The van der Waals surface area contributed by atoms with Crippen LogP contribution in [-0.4, -0.2) is 5.78 Å². The number of thioether (sulfide) groups is 1. The molecule has 0 saturated carbocycles. The van der Waals surface area contributed by atoms with Crippen LogP contribution >= 0.6 is 11.8 Å². The van der Waals surface area contributed by atoms with Crippen molar-refractivity contribution in [1.29, 1.82) is 0 Å². The molecule has 0 bridgehead atoms. The van der Waals surface area contributed by atoms with E-state index >= 15 is 0 Å². The van der Waals surface area contributed by atoms with Gasteiger partial charge in [0.05, 0.1) is 0 Å². The number of ketones is 1. The summed E-state index contributed by atoms with van der Waals surface area (Å²) in [4.78, 5) is 12.1. The maximum Gasteiger partial charge on any atom is 0.135 e. The van der Waals surface area contributed by atoms with Gasteiger partial charge in [0.15, 0.2) is 0 Å². The third-order valence-electron chi connectivity index (χ3n) is 3.78. The zero-order chi connectivity index (χ0) is 13.9. The predicted molar refractivity (Wildman–Crippen MR) is 84.9 cm³/mol. The van der Waals surface area contributed by atoms with E-state index in [1.165, 1.54) is 16.7 Å². The van der Waals surface area contributed by atoms with Gasteiger partial charge in [-0.1, -0.05) is 60.2 Å². The number of aryl methyl sites for hydroxylation is 1. The fourth-order valence-electron chi connectivity index (χ4n) is 2.63. The first-order valence-corrected chi connectivity index (χ1v) is 7.95. The van der Waals surface area contributed by atoms with Crippen molar-refractivity contribution in [3.8, 4) is 0 Å². The van der Waals surface area contributed by atoms with Crippen molar-refractivity contribution in [3.63, 3.8) is 0 Å². The minimum atomic E-state index is 0.294. The molecule has 3 rings (SSSR count). The maximum atomic E-state index is 12.1. The minimum absolute atomic E-state index is 0.294. The van der Waals surface area contributed by atoms with Crippen LogP contribution in [0.4, 0.5) is 0 Å². The molecule has 2 heteroatoms. The van der Waals surface area contributed by atoms with E-state index in [2.05, 4.69) is 55.5 Å². The van der Waals surface area contributed by atoms with Gasteiger partial charge in [-0.05, 0) is 18.1 Å². The predicted octanol–water partition coefficient (Wildman–Crippen LogP) is 4.87. The second kappa shape index (κ2) is 5.84. The molecule has 1 saturated heterocycles. The molecule has 0 unspecified atom stereocenters. The molecule has 0 radical (unpaired) electrons. The van der Waals surface area contributed by atoms with Crippen molar-refractivity contribution in [3.05, 3.63) is 71.3 Å². The van der Waals surface area contributed by atoms with Crippen molar-refractivity contribution in [2.24, 2.45) is 0 Å². The molecular formula is C18H18OS. The fourth-order valence-corrected chi connectivity index (χ4v) is 4.22. The SMILES string of the molecule is Cc1ccc([C@H]2CC(=O)C[C@H](c3ccccc3)S2)cc1. The monoisotopic (exact) mass is 282 g/mol. The zero-order valence-electron chi connectivity index (χ0n) is 11.6. The van der Waals surface area contributed by atoms with Crippen molar-refractivity contribution >= 4 is 17.5 Å². The van der Waals surface area contributed by atoms with E-state index < -0.39 is 0 Å². The Balaban J connectivity index is 1.83. The van der Waals surface area contributed by atoms with Crippen LogP contribution in [0.1, 0.15) is 40.0 Å². The average Bonchev–Trinajstić information content (AvgIpc) is 2.48. The lowest BCUT2D eigenvalue weighted by Crippen LogP contribution is -2.15. The Morgan fingerprint density at radius 2 is 1.40 bits per heavy atom. The lowest BCUT2D eigenvalue weighted by atomic mass is 10.00. The van der Waals surface area contributed by atoms with Gasteiger partial charge in [-0.2, -0.15) is 0 Å². The molecule has 1 aliphatic heterocycles. The number of benzene rings is 2. The minimum Gasteiger partial charge on any atom is -0.300 e. The van der Waals surface area contributed by atoms with E-state index in [1.807, 2.05) is 17.8 Å². The Hall–Kier alpha value is -1.54. The van der Waals surface area contributed by atoms with Crippen molar-refractivity contribution in [1.82, 2.24) is 0 Å². The second-order valence-electron chi connectivity index (χ2n) is 5.38. The summed E-state index contributed by atoms with van der Waals surface area (Å²) >= 11 is 1.93. The van der Waals surface area contributed by atoms with Gasteiger partial charge < -0.3 is 0 Å². The van der Waals surface area contributed by atoms with Gasteiger partial charge in [0.2, 0.25) is 0 Å². The number of hydrogen-bond acceptors (Lipinski definition) is 2. The molecule has 0 spiro atoms. The molecule has 0 amide bonds. The molecule has 2 aromatic rings. The number of Topliss-reactive ketones (excluding diaryl/α,β-unsaturated/α-hetero) is 1. The second-order valence-corrected chi connectivity index (χ2v) is 6.79. The molecule has 1 aliphatic rings. The molecule has 1 fully saturated rings. The average molecular weight is 282 g/mol. The Kier molecular flexibility index (Phi) is 3.93. The molecular weight excluding hydrogens is 264 g/mol. The summed E-state index contributed by atoms with van der Waals surface area (Å²) in [6.07, 6.45) is 1.33. The number of rotatable bonds is 2. The molecule has 0 aromatic heterocycles. The first kappa shape index (κ1) is 13.4. The van der Waals surface area contributed by atoms with Gasteiger partial charge >= 0.3 is 0 Å². The molecule has 2 atom stereocenters. The normalized spacial score (nSPS) is 22.8. The highest BCUT2D eigenvalue weighted by Crippen LogP contribution is 2.48. The number of hydrogen-bond donors (Lipinski definition) is 0. The van der Waals surface area contributed by atoms with Gasteiger partial charge in [-0.25, -0.2) is 0 Å². The standard InChI is InChI=1S/C18H18OS/c1-13-7-9-15(10-8-13)18-12-16(19)11-17(20-18)14-5-3-2-4-6-14/h2-10,17-18H,11-12H2,1H3/t17-,18-/m1/s1. The smallest absolute Gasteiger partial charge is 0.135 e. The van der Waals surface area contributed by atoms with E-state index in [1.54, 1.807) is 0 Å². The molecule has 1 nitrogen and oxygen atoms in total.